The minimum absolute atomic E-state index is 0.889. The van der Waals surface area contributed by atoms with E-state index < -0.39 is 0 Å². The van der Waals surface area contributed by atoms with Gasteiger partial charge in [-0.05, 0) is 47.0 Å². The average Bonchev–Trinajstić information content (AvgIpc) is 3.42. The van der Waals surface area contributed by atoms with E-state index in [1.165, 1.54) is 11.1 Å². The third-order valence-electron chi connectivity index (χ3n) is 4.66. The van der Waals surface area contributed by atoms with Crippen LogP contribution in [0.15, 0.2) is 89.3 Å². The summed E-state index contributed by atoms with van der Waals surface area (Å²) in [7, 11) is 0. The van der Waals surface area contributed by atoms with E-state index in [0.717, 1.165) is 32.3 Å². The molecule has 3 aromatic heterocycles. The van der Waals surface area contributed by atoms with Gasteiger partial charge in [0.25, 0.3) is 0 Å². The summed E-state index contributed by atoms with van der Waals surface area (Å²) in [6, 6.07) is 27.1. The van der Waals surface area contributed by atoms with Crippen molar-refractivity contribution in [3.8, 4) is 27.4 Å². The summed E-state index contributed by atoms with van der Waals surface area (Å²) in [6.45, 7) is 0. The van der Waals surface area contributed by atoms with Crippen molar-refractivity contribution >= 4 is 34.1 Å². The number of hydrogen-bond acceptors (Lipinski definition) is 4. The third-order valence-corrected chi connectivity index (χ3v) is 6.17. The molecule has 0 aliphatic carbocycles. The van der Waals surface area contributed by atoms with Crippen LogP contribution in [0.3, 0.4) is 0 Å². The zero-order valence-corrected chi connectivity index (χ0v) is 16.9. The van der Waals surface area contributed by atoms with Crippen LogP contribution in [0.5, 0.6) is 0 Å². The van der Waals surface area contributed by atoms with Crippen molar-refractivity contribution in [3.05, 3.63) is 84.2 Å². The van der Waals surface area contributed by atoms with Gasteiger partial charge in [0, 0.05) is 0 Å². The van der Waals surface area contributed by atoms with Crippen molar-refractivity contribution in [2.75, 3.05) is 6.26 Å². The van der Waals surface area contributed by atoms with Crippen molar-refractivity contribution in [2.45, 2.75) is 5.03 Å². The zero-order valence-electron chi connectivity index (χ0n) is 15.2. The highest BCUT2D eigenvalue weighted by atomic mass is 32.2. The smallest absolute Gasteiger partial charge is 0.165 e. The summed E-state index contributed by atoms with van der Waals surface area (Å²) >= 11 is 3.36. The van der Waals surface area contributed by atoms with Crippen LogP contribution >= 0.6 is 23.1 Å². The Labute approximate surface area is 171 Å². The first-order valence-corrected chi connectivity index (χ1v) is 11.1. The van der Waals surface area contributed by atoms with Gasteiger partial charge in [0.2, 0.25) is 0 Å². The first-order chi connectivity index (χ1) is 13.8. The molecular weight excluding hydrogens is 382 g/mol. The molecule has 0 aliphatic rings. The number of thiophene rings is 1. The molecule has 0 saturated carbocycles. The number of thioether (sulfide) groups is 1. The number of aromatic nitrogens is 3. The molecule has 5 rings (SSSR count). The Balaban J connectivity index is 1.91. The fourth-order valence-electron chi connectivity index (χ4n) is 3.38. The highest BCUT2D eigenvalue weighted by Crippen LogP contribution is 2.39. The van der Waals surface area contributed by atoms with Crippen LogP contribution in [0.2, 0.25) is 0 Å². The van der Waals surface area contributed by atoms with E-state index >= 15 is 0 Å². The topological polar surface area (TPSA) is 30.7 Å². The first kappa shape index (κ1) is 17.2. The SMILES string of the molecule is CSc1cc(-c2ccccc2)c2c(-c3cccs3)nn(-c3ccccc3)c2n1. The van der Waals surface area contributed by atoms with Gasteiger partial charge in [-0.1, -0.05) is 54.6 Å². The van der Waals surface area contributed by atoms with Gasteiger partial charge >= 0.3 is 0 Å². The predicted molar refractivity (Wildman–Crippen MR) is 119 cm³/mol. The molecule has 0 fully saturated rings. The van der Waals surface area contributed by atoms with E-state index in [1.54, 1.807) is 23.1 Å². The number of hydrogen-bond donors (Lipinski definition) is 0. The second-order valence-corrected chi connectivity index (χ2v) is 8.12. The Kier molecular flexibility index (Phi) is 4.47. The van der Waals surface area contributed by atoms with Gasteiger partial charge in [-0.15, -0.1) is 23.1 Å². The molecule has 0 saturated heterocycles. The number of benzene rings is 2. The summed E-state index contributed by atoms with van der Waals surface area (Å²) in [5.41, 5.74) is 5.23. The molecule has 5 aromatic rings. The minimum Gasteiger partial charge on any atom is -0.222 e. The zero-order chi connectivity index (χ0) is 18.9. The van der Waals surface area contributed by atoms with Crippen LogP contribution < -0.4 is 0 Å². The van der Waals surface area contributed by atoms with E-state index in [1.807, 2.05) is 28.9 Å². The van der Waals surface area contributed by atoms with Crippen molar-refractivity contribution in [2.24, 2.45) is 0 Å². The summed E-state index contributed by atoms with van der Waals surface area (Å²) in [5, 5.41) is 9.19. The molecule has 5 heteroatoms. The first-order valence-electron chi connectivity index (χ1n) is 8.97. The fourth-order valence-corrected chi connectivity index (χ4v) is 4.51. The maximum atomic E-state index is 5.02. The monoisotopic (exact) mass is 399 g/mol. The summed E-state index contributed by atoms with van der Waals surface area (Å²) in [6.07, 6.45) is 2.06. The second kappa shape index (κ2) is 7.26. The lowest BCUT2D eigenvalue weighted by Gasteiger charge is -2.08. The molecule has 0 amide bonds. The van der Waals surface area contributed by atoms with Gasteiger partial charge in [0.05, 0.1) is 21.0 Å². The molecule has 3 heterocycles. The number of para-hydroxylation sites is 1. The highest BCUT2D eigenvalue weighted by Gasteiger charge is 2.20. The lowest BCUT2D eigenvalue weighted by atomic mass is 10.0. The Morgan fingerprint density at radius 1 is 0.893 bits per heavy atom. The summed E-state index contributed by atoms with van der Waals surface area (Å²) in [4.78, 5) is 6.10. The molecule has 0 N–H and O–H groups in total. The molecule has 0 radical (unpaired) electrons. The average molecular weight is 400 g/mol. The Morgan fingerprint density at radius 3 is 2.32 bits per heavy atom. The molecule has 2 aromatic carbocycles. The third kappa shape index (κ3) is 2.93. The van der Waals surface area contributed by atoms with Gasteiger partial charge < -0.3 is 0 Å². The maximum Gasteiger partial charge on any atom is 0.165 e. The molecule has 28 heavy (non-hydrogen) atoms. The van der Waals surface area contributed by atoms with Gasteiger partial charge in [-0.3, -0.25) is 0 Å². The van der Waals surface area contributed by atoms with E-state index in [4.69, 9.17) is 10.1 Å². The molecule has 136 valence electrons. The molecule has 0 aliphatic heterocycles. The van der Waals surface area contributed by atoms with Crippen molar-refractivity contribution in [3.63, 3.8) is 0 Å². The normalized spacial score (nSPS) is 11.2. The van der Waals surface area contributed by atoms with Crippen molar-refractivity contribution in [1.29, 1.82) is 0 Å². The Morgan fingerprint density at radius 2 is 1.64 bits per heavy atom. The number of pyridine rings is 1. The molecule has 0 spiro atoms. The minimum atomic E-state index is 0.889. The van der Waals surface area contributed by atoms with Gasteiger partial charge in [0.1, 0.15) is 5.69 Å². The lowest BCUT2D eigenvalue weighted by Crippen LogP contribution is -1.98. The Hall–Kier alpha value is -2.89. The number of rotatable bonds is 4. The van der Waals surface area contributed by atoms with Crippen LogP contribution in [0, 0.1) is 0 Å². The van der Waals surface area contributed by atoms with Crippen LogP contribution in [-0.4, -0.2) is 21.0 Å². The number of fused-ring (bicyclic) bond motifs is 1. The maximum absolute atomic E-state index is 5.02. The summed E-state index contributed by atoms with van der Waals surface area (Å²) in [5.74, 6) is 0. The van der Waals surface area contributed by atoms with Gasteiger partial charge in [0.15, 0.2) is 5.65 Å². The number of nitrogens with zero attached hydrogens (tertiary/aromatic N) is 3. The van der Waals surface area contributed by atoms with Crippen LogP contribution in [0.4, 0.5) is 0 Å². The standard InChI is InChI=1S/C23H17N3S2/c1-27-20-15-18(16-9-4-2-5-10-16)21-22(19-13-8-14-28-19)25-26(23(21)24-20)17-11-6-3-7-12-17/h2-15H,1H3. The van der Waals surface area contributed by atoms with Crippen molar-refractivity contribution in [1.82, 2.24) is 14.8 Å². The quantitative estimate of drug-likeness (QED) is 0.322. The predicted octanol–water partition coefficient (Wildman–Crippen LogP) is 6.54. The van der Waals surface area contributed by atoms with Gasteiger partial charge in [-0.25, -0.2) is 9.67 Å². The van der Waals surface area contributed by atoms with Crippen LogP contribution in [0.1, 0.15) is 0 Å². The van der Waals surface area contributed by atoms with E-state index in [9.17, 15) is 0 Å². The van der Waals surface area contributed by atoms with Gasteiger partial charge in [-0.2, -0.15) is 5.10 Å². The van der Waals surface area contributed by atoms with E-state index in [-0.39, 0.29) is 0 Å². The largest absolute Gasteiger partial charge is 0.222 e. The molecular formula is C23H17N3S2. The molecule has 3 nitrogen and oxygen atoms in total. The summed E-state index contributed by atoms with van der Waals surface area (Å²) < 4.78 is 1.97. The van der Waals surface area contributed by atoms with E-state index in [0.29, 0.717) is 0 Å². The second-order valence-electron chi connectivity index (χ2n) is 6.35. The van der Waals surface area contributed by atoms with E-state index in [2.05, 4.69) is 66.2 Å². The van der Waals surface area contributed by atoms with Crippen LogP contribution in [0.25, 0.3) is 38.4 Å². The fraction of sp³-hybridized carbons (Fsp3) is 0.0435. The Bertz CT molecular complexity index is 1230. The molecule has 0 bridgehead atoms. The highest BCUT2D eigenvalue weighted by molar-refractivity contribution is 7.98. The van der Waals surface area contributed by atoms with Crippen LogP contribution in [-0.2, 0) is 0 Å². The molecule has 0 atom stereocenters. The van der Waals surface area contributed by atoms with Crippen molar-refractivity contribution < 1.29 is 0 Å². The molecule has 0 unspecified atom stereocenters. The lowest BCUT2D eigenvalue weighted by molar-refractivity contribution is 0.894.